The number of phenols is 1. The molecule has 0 aliphatic carbocycles. The number of hydrogen-bond acceptors (Lipinski definition) is 4. The molecule has 2 aromatic carbocycles. The highest BCUT2D eigenvalue weighted by atomic mass is 16.3. The fourth-order valence-corrected chi connectivity index (χ4v) is 1.82. The van der Waals surface area contributed by atoms with Crippen molar-refractivity contribution >= 4 is 18.0 Å². The minimum absolute atomic E-state index is 0.121. The third-order valence-electron chi connectivity index (χ3n) is 2.95. The number of hydrazone groups is 1. The molecule has 2 rings (SSSR count). The Bertz CT molecular complexity index is 699. The summed E-state index contributed by atoms with van der Waals surface area (Å²) in [6.45, 7) is 0.223. The van der Waals surface area contributed by atoms with Gasteiger partial charge >= 0.3 is 0 Å². The van der Waals surface area contributed by atoms with Crippen LogP contribution in [0.4, 0.5) is 0 Å². The van der Waals surface area contributed by atoms with Crippen LogP contribution in [0.1, 0.15) is 22.3 Å². The highest BCUT2D eigenvalue weighted by Gasteiger charge is 2.05. The molecule has 2 aromatic rings. The van der Waals surface area contributed by atoms with Gasteiger partial charge in [0.1, 0.15) is 5.75 Å². The van der Waals surface area contributed by atoms with Gasteiger partial charge < -0.3 is 10.4 Å². The van der Waals surface area contributed by atoms with Gasteiger partial charge in [-0.3, -0.25) is 9.59 Å². The SMILES string of the molecule is O=C(CCNC(=O)c1ccccc1)NN=Cc1cccc(O)c1. The Morgan fingerprint density at radius 3 is 2.61 bits per heavy atom. The lowest BCUT2D eigenvalue weighted by atomic mass is 10.2. The smallest absolute Gasteiger partial charge is 0.251 e. The molecule has 0 saturated heterocycles. The average Bonchev–Trinajstić information content (AvgIpc) is 2.55. The molecule has 0 atom stereocenters. The Morgan fingerprint density at radius 1 is 1.09 bits per heavy atom. The van der Waals surface area contributed by atoms with Crippen molar-refractivity contribution in [2.75, 3.05) is 6.54 Å². The molecule has 0 radical (unpaired) electrons. The summed E-state index contributed by atoms with van der Waals surface area (Å²) in [6, 6.07) is 15.3. The van der Waals surface area contributed by atoms with Gasteiger partial charge in [-0.25, -0.2) is 5.43 Å². The lowest BCUT2D eigenvalue weighted by Gasteiger charge is -2.04. The van der Waals surface area contributed by atoms with Crippen LogP contribution in [0.25, 0.3) is 0 Å². The highest BCUT2D eigenvalue weighted by Crippen LogP contribution is 2.08. The zero-order valence-electron chi connectivity index (χ0n) is 12.4. The van der Waals surface area contributed by atoms with E-state index in [9.17, 15) is 14.7 Å². The molecule has 118 valence electrons. The molecule has 0 saturated carbocycles. The van der Waals surface area contributed by atoms with E-state index in [0.29, 0.717) is 11.1 Å². The second-order valence-corrected chi connectivity index (χ2v) is 4.76. The molecule has 0 aliphatic heterocycles. The predicted molar refractivity (Wildman–Crippen MR) is 87.2 cm³/mol. The summed E-state index contributed by atoms with van der Waals surface area (Å²) in [6.07, 6.45) is 1.55. The van der Waals surface area contributed by atoms with Crippen molar-refractivity contribution in [2.24, 2.45) is 5.10 Å². The van der Waals surface area contributed by atoms with Gasteiger partial charge in [-0.1, -0.05) is 30.3 Å². The van der Waals surface area contributed by atoms with E-state index in [-0.39, 0.29) is 30.5 Å². The molecule has 0 aliphatic rings. The van der Waals surface area contributed by atoms with Crippen molar-refractivity contribution in [1.82, 2.24) is 10.7 Å². The average molecular weight is 311 g/mol. The number of amides is 2. The Morgan fingerprint density at radius 2 is 1.87 bits per heavy atom. The summed E-state index contributed by atoms with van der Waals surface area (Å²) in [7, 11) is 0. The minimum Gasteiger partial charge on any atom is -0.508 e. The van der Waals surface area contributed by atoms with Crippen molar-refractivity contribution in [2.45, 2.75) is 6.42 Å². The third-order valence-corrected chi connectivity index (χ3v) is 2.95. The van der Waals surface area contributed by atoms with Crippen LogP contribution in [-0.2, 0) is 4.79 Å². The van der Waals surface area contributed by atoms with Crippen molar-refractivity contribution < 1.29 is 14.7 Å². The molecule has 6 heteroatoms. The van der Waals surface area contributed by atoms with Crippen LogP contribution in [0.2, 0.25) is 0 Å². The summed E-state index contributed by atoms with van der Waals surface area (Å²) in [5.41, 5.74) is 3.58. The summed E-state index contributed by atoms with van der Waals surface area (Å²) >= 11 is 0. The molecule has 0 unspecified atom stereocenters. The number of hydrogen-bond donors (Lipinski definition) is 3. The number of benzene rings is 2. The first kappa shape index (κ1) is 16.2. The lowest BCUT2D eigenvalue weighted by Crippen LogP contribution is -2.28. The molecule has 0 bridgehead atoms. The molecular weight excluding hydrogens is 294 g/mol. The van der Waals surface area contributed by atoms with Gasteiger partial charge in [-0.15, -0.1) is 0 Å². The number of nitrogens with one attached hydrogen (secondary N) is 2. The fraction of sp³-hybridized carbons (Fsp3) is 0.118. The van der Waals surface area contributed by atoms with E-state index in [1.54, 1.807) is 42.5 Å². The quantitative estimate of drug-likeness (QED) is 0.560. The first-order valence-corrected chi connectivity index (χ1v) is 7.09. The van der Waals surface area contributed by atoms with Gasteiger partial charge in [-0.2, -0.15) is 5.10 Å². The Hall–Kier alpha value is -3.15. The van der Waals surface area contributed by atoms with E-state index in [4.69, 9.17) is 0 Å². The molecular formula is C17H17N3O3. The molecule has 2 amide bonds. The standard InChI is InChI=1S/C17H17N3O3/c21-15-8-4-5-13(11-15)12-19-20-16(22)9-10-18-17(23)14-6-2-1-3-7-14/h1-8,11-12,21H,9-10H2,(H,18,23)(H,20,22). The summed E-state index contributed by atoms with van der Waals surface area (Å²) in [5, 5.41) is 15.7. The highest BCUT2D eigenvalue weighted by molar-refractivity contribution is 5.94. The van der Waals surface area contributed by atoms with Gasteiger partial charge in [0.2, 0.25) is 5.91 Å². The van der Waals surface area contributed by atoms with Gasteiger partial charge in [0.05, 0.1) is 6.21 Å². The van der Waals surface area contributed by atoms with Crippen LogP contribution in [-0.4, -0.2) is 29.7 Å². The number of carbonyl (C=O) groups excluding carboxylic acids is 2. The van der Waals surface area contributed by atoms with E-state index in [1.807, 2.05) is 6.07 Å². The Balaban J connectivity index is 1.70. The number of nitrogens with zero attached hydrogens (tertiary/aromatic N) is 1. The largest absolute Gasteiger partial charge is 0.508 e. The van der Waals surface area contributed by atoms with Gasteiger partial charge in [0.15, 0.2) is 0 Å². The minimum atomic E-state index is -0.310. The van der Waals surface area contributed by atoms with Crippen LogP contribution < -0.4 is 10.7 Å². The number of carbonyl (C=O) groups is 2. The maximum atomic E-state index is 11.8. The predicted octanol–water partition coefficient (Wildman–Crippen LogP) is 1.66. The van der Waals surface area contributed by atoms with Crippen molar-refractivity contribution in [1.29, 1.82) is 0 Å². The summed E-state index contributed by atoms with van der Waals surface area (Å²) < 4.78 is 0. The molecule has 0 fully saturated rings. The molecule has 0 aromatic heterocycles. The maximum absolute atomic E-state index is 11.8. The third kappa shape index (κ3) is 5.62. The zero-order valence-corrected chi connectivity index (χ0v) is 12.4. The van der Waals surface area contributed by atoms with Crippen molar-refractivity contribution in [3.05, 3.63) is 65.7 Å². The molecule has 6 nitrogen and oxygen atoms in total. The second-order valence-electron chi connectivity index (χ2n) is 4.76. The van der Waals surface area contributed by atoms with E-state index in [1.165, 1.54) is 12.3 Å². The number of aromatic hydroxyl groups is 1. The van der Waals surface area contributed by atoms with Crippen LogP contribution in [0.15, 0.2) is 59.7 Å². The molecule has 3 N–H and O–H groups in total. The number of rotatable bonds is 6. The van der Waals surface area contributed by atoms with Crippen LogP contribution in [0, 0.1) is 0 Å². The normalized spacial score (nSPS) is 10.4. The Labute approximate surface area is 133 Å². The van der Waals surface area contributed by atoms with Gasteiger partial charge in [0.25, 0.3) is 5.91 Å². The summed E-state index contributed by atoms with van der Waals surface area (Å²) in [4.78, 5) is 23.4. The monoisotopic (exact) mass is 311 g/mol. The van der Waals surface area contributed by atoms with Crippen LogP contribution >= 0.6 is 0 Å². The van der Waals surface area contributed by atoms with E-state index >= 15 is 0 Å². The maximum Gasteiger partial charge on any atom is 0.251 e. The van der Waals surface area contributed by atoms with E-state index < -0.39 is 0 Å². The van der Waals surface area contributed by atoms with Gasteiger partial charge in [0, 0.05) is 18.5 Å². The fourth-order valence-electron chi connectivity index (χ4n) is 1.82. The van der Waals surface area contributed by atoms with Gasteiger partial charge in [-0.05, 0) is 29.8 Å². The van der Waals surface area contributed by atoms with Crippen LogP contribution in [0.3, 0.4) is 0 Å². The molecule has 0 spiro atoms. The molecule has 0 heterocycles. The van der Waals surface area contributed by atoms with Crippen molar-refractivity contribution in [3.63, 3.8) is 0 Å². The Kier molecular flexibility index (Phi) is 5.88. The van der Waals surface area contributed by atoms with E-state index in [0.717, 1.165) is 0 Å². The zero-order chi connectivity index (χ0) is 16.5. The first-order valence-electron chi connectivity index (χ1n) is 7.09. The summed E-state index contributed by atoms with van der Waals surface area (Å²) in [5.74, 6) is -0.402. The lowest BCUT2D eigenvalue weighted by molar-refractivity contribution is -0.120. The topological polar surface area (TPSA) is 90.8 Å². The second kappa shape index (κ2) is 8.33. The van der Waals surface area contributed by atoms with Crippen molar-refractivity contribution in [3.8, 4) is 5.75 Å². The molecule has 23 heavy (non-hydrogen) atoms. The first-order chi connectivity index (χ1) is 11.1. The number of phenolic OH excluding ortho intramolecular Hbond substituents is 1. The van der Waals surface area contributed by atoms with Crippen LogP contribution in [0.5, 0.6) is 5.75 Å². The van der Waals surface area contributed by atoms with E-state index in [2.05, 4.69) is 15.8 Å².